The number of amides is 1. The average Bonchev–Trinajstić information content (AvgIpc) is 2.96. The molecule has 3 rings (SSSR count). The highest BCUT2D eigenvalue weighted by atomic mass is 32.2. The molecule has 0 aliphatic heterocycles. The number of thioether (sulfide) groups is 2. The summed E-state index contributed by atoms with van der Waals surface area (Å²) in [4.78, 5) is 25.4. The fourth-order valence-electron chi connectivity index (χ4n) is 5.52. The van der Waals surface area contributed by atoms with Crippen LogP contribution in [0.5, 0.6) is 5.75 Å². The Bertz CT molecular complexity index is 1100. The van der Waals surface area contributed by atoms with E-state index in [-0.39, 0.29) is 0 Å². The molecule has 8 heteroatoms. The minimum absolute atomic E-state index is 0.360. The fourth-order valence-corrected chi connectivity index (χ4v) is 6.76. The van der Waals surface area contributed by atoms with Gasteiger partial charge >= 0.3 is 5.97 Å². The zero-order valence-corrected chi connectivity index (χ0v) is 26.1. The zero-order valence-electron chi connectivity index (χ0n) is 24.5. The first-order valence-electron chi connectivity index (χ1n) is 14.5. The highest BCUT2D eigenvalue weighted by molar-refractivity contribution is 7.99. The molecule has 6 nitrogen and oxygen atoms in total. The number of carbonyl (C=O) groups is 2. The summed E-state index contributed by atoms with van der Waals surface area (Å²) in [7, 11) is 1.62. The smallest absolute Gasteiger partial charge is 0.326 e. The van der Waals surface area contributed by atoms with Crippen LogP contribution in [0.4, 0.5) is 0 Å². The number of nitrogens with one attached hydrogen (secondary N) is 2. The number of carbonyl (C=O) groups excluding carboxylic acids is 1. The first kappa shape index (κ1) is 32.4. The van der Waals surface area contributed by atoms with E-state index in [1.807, 2.05) is 55.3 Å². The molecule has 2 aromatic rings. The van der Waals surface area contributed by atoms with E-state index >= 15 is 0 Å². The normalized spacial score (nSPS) is 15.4. The highest BCUT2D eigenvalue weighted by Gasteiger charge is 2.25. The molecule has 220 valence electrons. The van der Waals surface area contributed by atoms with E-state index < -0.39 is 17.9 Å². The molecule has 1 amide bonds. The lowest BCUT2D eigenvalue weighted by Gasteiger charge is -2.27. The lowest BCUT2D eigenvalue weighted by molar-refractivity contribution is -0.139. The van der Waals surface area contributed by atoms with Gasteiger partial charge in [-0.25, -0.2) is 4.79 Å². The predicted octanol–water partition coefficient (Wildman–Crippen LogP) is 6.79. The third-order valence-corrected chi connectivity index (χ3v) is 9.45. The van der Waals surface area contributed by atoms with Crippen LogP contribution < -0.4 is 15.4 Å². The number of hydrogen-bond donors (Lipinski definition) is 3. The van der Waals surface area contributed by atoms with Gasteiger partial charge in [-0.2, -0.15) is 23.5 Å². The molecule has 0 saturated heterocycles. The van der Waals surface area contributed by atoms with Gasteiger partial charge in [0.1, 0.15) is 11.8 Å². The Morgan fingerprint density at radius 1 is 1.12 bits per heavy atom. The van der Waals surface area contributed by atoms with Crippen LogP contribution in [-0.2, 0) is 11.3 Å². The number of methoxy groups -OCH3 is 1. The van der Waals surface area contributed by atoms with E-state index in [2.05, 4.69) is 17.6 Å². The lowest BCUT2D eigenvalue weighted by Crippen LogP contribution is -2.41. The number of hydrogen-bond acceptors (Lipinski definition) is 6. The Balaban J connectivity index is 1.92. The maximum atomic E-state index is 13.6. The van der Waals surface area contributed by atoms with Crippen molar-refractivity contribution in [2.24, 2.45) is 5.92 Å². The van der Waals surface area contributed by atoms with E-state index in [4.69, 9.17) is 4.74 Å². The summed E-state index contributed by atoms with van der Waals surface area (Å²) in [6.07, 6.45) is 10.2. The van der Waals surface area contributed by atoms with Gasteiger partial charge in [-0.3, -0.25) is 4.79 Å². The summed E-state index contributed by atoms with van der Waals surface area (Å²) in [5.74, 6) is 2.81. The minimum atomic E-state index is -1.03. The van der Waals surface area contributed by atoms with Crippen molar-refractivity contribution in [3.05, 3.63) is 53.1 Å². The van der Waals surface area contributed by atoms with Gasteiger partial charge in [0.05, 0.1) is 12.7 Å². The minimum Gasteiger partial charge on any atom is -0.496 e. The van der Waals surface area contributed by atoms with Crippen LogP contribution in [0.15, 0.2) is 36.4 Å². The molecule has 0 bridgehead atoms. The average molecular weight is 587 g/mol. The Hall–Kier alpha value is -2.16. The van der Waals surface area contributed by atoms with Crippen LogP contribution in [0.25, 0.3) is 11.1 Å². The standard InChI is InChI=1S/C32H46N2O4S2/c1-5-40-21-25(17-23-12-7-6-8-13-23)33-20-24-18-27(26-14-10-9-11-22(26)2)28(19-30(24)38-3)31(35)34-29(32(36)37)15-16-39-4/h9-11,14,18-19,23,25,29,33H,5-8,12-13,15-17,20-21H2,1-4H3,(H,34,35)(H,36,37)/t25-,29-/m0/s1. The summed E-state index contributed by atoms with van der Waals surface area (Å²) in [5, 5.41) is 16.3. The van der Waals surface area contributed by atoms with Crippen molar-refractivity contribution in [1.82, 2.24) is 10.6 Å². The van der Waals surface area contributed by atoms with Gasteiger partial charge in [-0.05, 0) is 72.3 Å². The topological polar surface area (TPSA) is 87.7 Å². The Kier molecular flexibility index (Phi) is 13.7. The molecule has 2 aromatic carbocycles. The third kappa shape index (κ3) is 9.45. The second-order valence-electron chi connectivity index (χ2n) is 10.6. The van der Waals surface area contributed by atoms with Crippen molar-refractivity contribution in [2.75, 3.05) is 30.6 Å². The molecule has 1 fully saturated rings. The number of ether oxygens (including phenoxy) is 1. The Morgan fingerprint density at radius 2 is 1.88 bits per heavy atom. The summed E-state index contributed by atoms with van der Waals surface area (Å²) in [6.45, 7) is 4.87. The first-order chi connectivity index (χ1) is 19.4. The molecule has 40 heavy (non-hydrogen) atoms. The van der Waals surface area contributed by atoms with E-state index in [1.165, 1.54) is 38.5 Å². The van der Waals surface area contributed by atoms with Gasteiger partial charge in [-0.15, -0.1) is 0 Å². The molecule has 0 spiro atoms. The number of aliphatic carboxylic acids is 1. The monoisotopic (exact) mass is 586 g/mol. The highest BCUT2D eigenvalue weighted by Crippen LogP contribution is 2.34. The number of carboxylic acids is 1. The van der Waals surface area contributed by atoms with Crippen molar-refractivity contribution in [1.29, 1.82) is 0 Å². The van der Waals surface area contributed by atoms with Crippen LogP contribution in [-0.4, -0.2) is 59.7 Å². The maximum absolute atomic E-state index is 13.6. The van der Waals surface area contributed by atoms with Gasteiger partial charge in [0.25, 0.3) is 5.91 Å². The van der Waals surface area contributed by atoms with Crippen molar-refractivity contribution in [3.63, 3.8) is 0 Å². The SMILES string of the molecule is CCSC[C@H](CC1CCCCC1)NCc1cc(-c2ccccc2C)c(C(=O)N[C@@H](CCSC)C(=O)O)cc1OC. The maximum Gasteiger partial charge on any atom is 0.326 e. The van der Waals surface area contributed by atoms with Crippen molar-refractivity contribution in [3.8, 4) is 16.9 Å². The van der Waals surface area contributed by atoms with Crippen LogP contribution in [0, 0.1) is 12.8 Å². The van der Waals surface area contributed by atoms with E-state index in [0.717, 1.165) is 39.7 Å². The van der Waals surface area contributed by atoms with Crippen LogP contribution in [0.2, 0.25) is 0 Å². The third-order valence-electron chi connectivity index (χ3n) is 7.76. The van der Waals surface area contributed by atoms with Gasteiger partial charge in [0.2, 0.25) is 0 Å². The van der Waals surface area contributed by atoms with Gasteiger partial charge in [0.15, 0.2) is 0 Å². The first-order valence-corrected chi connectivity index (χ1v) is 17.0. The van der Waals surface area contributed by atoms with Crippen molar-refractivity contribution >= 4 is 35.4 Å². The van der Waals surface area contributed by atoms with Crippen molar-refractivity contribution in [2.45, 2.75) is 77.4 Å². The largest absolute Gasteiger partial charge is 0.496 e. The van der Waals surface area contributed by atoms with Gasteiger partial charge in [-0.1, -0.05) is 63.3 Å². The molecule has 1 saturated carbocycles. The van der Waals surface area contributed by atoms with Crippen LogP contribution in [0.1, 0.15) is 73.4 Å². The zero-order chi connectivity index (χ0) is 28.9. The molecule has 1 aliphatic rings. The molecule has 1 aliphatic carbocycles. The number of carboxylic acid groups (broad SMARTS) is 1. The van der Waals surface area contributed by atoms with Crippen LogP contribution in [0.3, 0.4) is 0 Å². The summed E-state index contributed by atoms with van der Waals surface area (Å²) in [5.41, 5.74) is 4.20. The molecule has 0 unspecified atom stereocenters. The second kappa shape index (κ2) is 16.9. The Morgan fingerprint density at radius 3 is 2.52 bits per heavy atom. The van der Waals surface area contributed by atoms with Crippen molar-refractivity contribution < 1.29 is 19.4 Å². The molecule has 3 N–H and O–H groups in total. The quantitative estimate of drug-likeness (QED) is 0.200. The molecular formula is C32H46N2O4S2. The molecule has 0 radical (unpaired) electrons. The summed E-state index contributed by atoms with van der Waals surface area (Å²) < 4.78 is 5.79. The van der Waals surface area contributed by atoms with E-state index in [1.54, 1.807) is 24.9 Å². The molecule has 2 atom stereocenters. The molecular weight excluding hydrogens is 540 g/mol. The fraction of sp³-hybridized carbons (Fsp3) is 0.562. The summed E-state index contributed by atoms with van der Waals surface area (Å²) >= 11 is 3.54. The predicted molar refractivity (Wildman–Crippen MR) is 170 cm³/mol. The van der Waals surface area contributed by atoms with Crippen LogP contribution >= 0.6 is 23.5 Å². The van der Waals surface area contributed by atoms with E-state index in [9.17, 15) is 14.7 Å². The number of rotatable bonds is 16. The number of aryl methyl sites for hydroxylation is 1. The lowest BCUT2D eigenvalue weighted by atomic mass is 9.85. The van der Waals surface area contributed by atoms with E-state index in [0.29, 0.717) is 36.1 Å². The van der Waals surface area contributed by atoms with Gasteiger partial charge < -0.3 is 20.5 Å². The molecule has 0 aromatic heterocycles. The Labute approximate surface area is 248 Å². The summed E-state index contributed by atoms with van der Waals surface area (Å²) in [6, 6.07) is 11.3. The number of benzene rings is 2. The second-order valence-corrected chi connectivity index (χ2v) is 13.0. The van der Waals surface area contributed by atoms with Gasteiger partial charge in [0, 0.05) is 23.9 Å². The molecule has 0 heterocycles.